The molecule has 0 fully saturated rings. The zero-order chi connectivity index (χ0) is 25.4. The highest BCUT2D eigenvalue weighted by Gasteiger charge is 2.33. The van der Waals surface area contributed by atoms with E-state index in [1.165, 1.54) is 6.07 Å². The van der Waals surface area contributed by atoms with E-state index in [4.69, 9.17) is 9.47 Å². The smallest absolute Gasteiger partial charge is 0.407 e. The van der Waals surface area contributed by atoms with Crippen LogP contribution in [-0.2, 0) is 9.53 Å². The van der Waals surface area contributed by atoms with Gasteiger partial charge < -0.3 is 14.8 Å². The van der Waals surface area contributed by atoms with E-state index < -0.39 is 29.3 Å². The van der Waals surface area contributed by atoms with Crippen molar-refractivity contribution in [3.05, 3.63) is 59.2 Å². The number of amides is 3. The summed E-state index contributed by atoms with van der Waals surface area (Å²) in [6.45, 7) is 6.03. The fraction of sp³-hybridized carbons (Fsp3) is 0.333. The molecule has 2 N–H and O–H groups in total. The van der Waals surface area contributed by atoms with Crippen LogP contribution < -0.4 is 15.4 Å². The van der Waals surface area contributed by atoms with Crippen molar-refractivity contribution in [3.8, 4) is 23.3 Å². The number of Topliss-reactive ketones (excluding diaryl/α,β-unsaturated/α-hetero) is 1. The molecule has 0 spiro atoms. The predicted octanol–water partition coefficient (Wildman–Crippen LogP) is 4.37. The average Bonchev–Trinajstić information content (AvgIpc) is 2.78. The molecular formula is C27H28N2O6. The normalized spacial score (nSPS) is 12.7. The minimum absolute atomic E-state index is 0.0218. The maximum Gasteiger partial charge on any atom is 0.407 e. The van der Waals surface area contributed by atoms with Crippen molar-refractivity contribution >= 4 is 23.7 Å². The molecule has 35 heavy (non-hydrogen) atoms. The SMILES string of the molecule is CC(C)(C)OC(=O)NCCCCCC#Cc1cccc(Oc2cccc3c2C(=O)NC(=O)C3=O)c1. The van der Waals surface area contributed by atoms with E-state index in [9.17, 15) is 19.2 Å². The van der Waals surface area contributed by atoms with E-state index in [1.54, 1.807) is 30.3 Å². The summed E-state index contributed by atoms with van der Waals surface area (Å²) in [7, 11) is 0. The van der Waals surface area contributed by atoms with Crippen molar-refractivity contribution < 1.29 is 28.7 Å². The van der Waals surface area contributed by atoms with Gasteiger partial charge in [0.25, 0.3) is 17.6 Å². The standard InChI is InChI=1S/C27H28N2O6/c1-27(2,3)35-26(33)28-16-8-6-4-5-7-11-18-12-9-13-19(17-18)34-21-15-10-14-20-22(21)24(31)29-25(32)23(20)30/h9-10,12-15,17H,4-6,8,16H2,1-3H3,(H,28,33)(H,29,31,32). The Hall–Kier alpha value is -4.12. The van der Waals surface area contributed by atoms with Crippen LogP contribution in [0.2, 0.25) is 0 Å². The first-order valence-electron chi connectivity index (χ1n) is 11.4. The van der Waals surface area contributed by atoms with E-state index in [0.29, 0.717) is 18.7 Å². The number of unbranched alkanes of at least 4 members (excludes halogenated alkanes) is 3. The highest BCUT2D eigenvalue weighted by molar-refractivity contribution is 6.49. The summed E-state index contributed by atoms with van der Waals surface area (Å²) in [4.78, 5) is 47.5. The van der Waals surface area contributed by atoms with Crippen molar-refractivity contribution in [2.45, 2.75) is 52.1 Å². The molecule has 0 radical (unpaired) electrons. The van der Waals surface area contributed by atoms with Gasteiger partial charge in [0.2, 0.25) is 0 Å². The van der Waals surface area contributed by atoms with Gasteiger partial charge in [-0.25, -0.2) is 4.79 Å². The van der Waals surface area contributed by atoms with Gasteiger partial charge >= 0.3 is 6.09 Å². The Labute approximate surface area is 204 Å². The van der Waals surface area contributed by atoms with Gasteiger partial charge in [-0.3, -0.25) is 19.7 Å². The van der Waals surface area contributed by atoms with Gasteiger partial charge in [-0.15, -0.1) is 0 Å². The van der Waals surface area contributed by atoms with E-state index in [2.05, 4.69) is 17.2 Å². The molecule has 1 aliphatic rings. The molecule has 0 aromatic heterocycles. The molecule has 8 heteroatoms. The molecular weight excluding hydrogens is 448 g/mol. The van der Waals surface area contributed by atoms with Crippen LogP contribution in [0.5, 0.6) is 11.5 Å². The summed E-state index contributed by atoms with van der Waals surface area (Å²) in [5, 5.41) is 4.77. The van der Waals surface area contributed by atoms with Gasteiger partial charge in [0, 0.05) is 24.1 Å². The number of carbonyl (C=O) groups excluding carboxylic acids is 4. The molecule has 0 unspecified atom stereocenters. The zero-order valence-electron chi connectivity index (χ0n) is 20.0. The van der Waals surface area contributed by atoms with E-state index >= 15 is 0 Å². The largest absolute Gasteiger partial charge is 0.456 e. The second-order valence-electron chi connectivity index (χ2n) is 8.96. The first-order valence-corrected chi connectivity index (χ1v) is 11.4. The Morgan fingerprint density at radius 1 is 1.00 bits per heavy atom. The van der Waals surface area contributed by atoms with Crippen molar-refractivity contribution in [2.75, 3.05) is 6.54 Å². The number of carbonyl (C=O) groups is 4. The Balaban J connectivity index is 1.50. The van der Waals surface area contributed by atoms with Crippen molar-refractivity contribution in [2.24, 2.45) is 0 Å². The number of hydrogen-bond acceptors (Lipinski definition) is 6. The minimum Gasteiger partial charge on any atom is -0.456 e. The van der Waals surface area contributed by atoms with Crippen molar-refractivity contribution in [1.29, 1.82) is 0 Å². The third-order valence-electron chi connectivity index (χ3n) is 4.87. The second kappa shape index (κ2) is 11.3. The molecule has 0 saturated heterocycles. The van der Waals surface area contributed by atoms with Crippen LogP contribution in [0.4, 0.5) is 4.79 Å². The summed E-state index contributed by atoms with van der Waals surface area (Å²) in [6, 6.07) is 11.6. The molecule has 8 nitrogen and oxygen atoms in total. The number of imide groups is 1. The third-order valence-corrected chi connectivity index (χ3v) is 4.87. The van der Waals surface area contributed by atoms with E-state index in [1.807, 2.05) is 32.2 Å². The molecule has 182 valence electrons. The van der Waals surface area contributed by atoms with Crippen LogP contribution in [-0.4, -0.2) is 35.8 Å². The Kier molecular flexibility index (Phi) is 8.26. The molecule has 1 aliphatic heterocycles. The zero-order valence-corrected chi connectivity index (χ0v) is 20.0. The van der Waals surface area contributed by atoms with Gasteiger partial charge in [0.15, 0.2) is 0 Å². The highest BCUT2D eigenvalue weighted by Crippen LogP contribution is 2.30. The Morgan fingerprint density at radius 3 is 2.54 bits per heavy atom. The van der Waals surface area contributed by atoms with Crippen molar-refractivity contribution in [3.63, 3.8) is 0 Å². The number of ether oxygens (including phenoxy) is 2. The van der Waals surface area contributed by atoms with Crippen LogP contribution in [0.15, 0.2) is 42.5 Å². The number of alkyl carbamates (subject to hydrolysis) is 1. The van der Waals surface area contributed by atoms with Gasteiger partial charge in [-0.1, -0.05) is 30.4 Å². The molecule has 2 aromatic carbocycles. The summed E-state index contributed by atoms with van der Waals surface area (Å²) in [6.07, 6.45) is 2.97. The molecule has 3 rings (SSSR count). The van der Waals surface area contributed by atoms with Gasteiger partial charge in [-0.05, 0) is 63.9 Å². The summed E-state index contributed by atoms with van der Waals surface area (Å²) in [5.41, 5.74) is 0.300. The summed E-state index contributed by atoms with van der Waals surface area (Å²) < 4.78 is 11.0. The number of ketones is 1. The summed E-state index contributed by atoms with van der Waals surface area (Å²) in [5.74, 6) is 4.47. The maximum absolute atomic E-state index is 12.3. The third kappa shape index (κ3) is 7.44. The predicted molar refractivity (Wildman–Crippen MR) is 129 cm³/mol. The first-order chi connectivity index (χ1) is 16.6. The van der Waals surface area contributed by atoms with Crippen LogP contribution in [0.1, 0.15) is 72.7 Å². The molecule has 1 heterocycles. The van der Waals surface area contributed by atoms with E-state index in [0.717, 1.165) is 24.8 Å². The fourth-order valence-electron chi connectivity index (χ4n) is 3.33. The molecule has 3 amide bonds. The van der Waals surface area contributed by atoms with E-state index in [-0.39, 0.29) is 16.9 Å². The molecule has 0 atom stereocenters. The fourth-order valence-corrected chi connectivity index (χ4v) is 3.33. The molecule has 0 bridgehead atoms. The lowest BCUT2D eigenvalue weighted by Crippen LogP contribution is -2.42. The van der Waals surface area contributed by atoms with Crippen molar-refractivity contribution in [1.82, 2.24) is 10.6 Å². The molecule has 0 aliphatic carbocycles. The number of benzene rings is 2. The Bertz CT molecular complexity index is 1200. The number of hydrogen-bond donors (Lipinski definition) is 2. The number of nitrogens with one attached hydrogen (secondary N) is 2. The second-order valence-corrected chi connectivity index (χ2v) is 8.96. The topological polar surface area (TPSA) is 111 Å². The monoisotopic (exact) mass is 476 g/mol. The number of rotatable bonds is 7. The lowest BCUT2D eigenvalue weighted by Gasteiger charge is -2.19. The highest BCUT2D eigenvalue weighted by atomic mass is 16.6. The van der Waals surface area contributed by atoms with Crippen LogP contribution in [0.3, 0.4) is 0 Å². The quantitative estimate of drug-likeness (QED) is 0.266. The summed E-state index contributed by atoms with van der Waals surface area (Å²) >= 11 is 0. The molecule has 0 saturated carbocycles. The van der Waals surface area contributed by atoms with Crippen LogP contribution in [0, 0.1) is 11.8 Å². The minimum atomic E-state index is -0.948. The number of fused-ring (bicyclic) bond motifs is 1. The molecule has 2 aromatic rings. The van der Waals surface area contributed by atoms with Gasteiger partial charge in [0.05, 0.1) is 5.56 Å². The lowest BCUT2D eigenvalue weighted by molar-refractivity contribution is -0.116. The van der Waals surface area contributed by atoms with Gasteiger partial charge in [0.1, 0.15) is 17.1 Å². The maximum atomic E-state index is 12.3. The van der Waals surface area contributed by atoms with Crippen LogP contribution >= 0.6 is 0 Å². The van der Waals surface area contributed by atoms with Gasteiger partial charge in [-0.2, -0.15) is 0 Å². The average molecular weight is 477 g/mol. The van der Waals surface area contributed by atoms with Crippen LogP contribution in [0.25, 0.3) is 0 Å². The Morgan fingerprint density at radius 2 is 1.77 bits per heavy atom. The lowest BCUT2D eigenvalue weighted by atomic mass is 9.98. The first kappa shape index (κ1) is 25.5.